The zero-order chi connectivity index (χ0) is 21.5. The molecule has 0 aliphatic heterocycles. The quantitative estimate of drug-likeness (QED) is 0.428. The third kappa shape index (κ3) is 3.77. The maximum atomic E-state index is 14.1. The smallest absolute Gasteiger partial charge is 0.408 e. The molecule has 1 aliphatic carbocycles. The summed E-state index contributed by atoms with van der Waals surface area (Å²) in [5, 5.41) is 9.32. The number of carbonyl (C=O) groups is 2. The molecule has 0 radical (unpaired) electrons. The number of benzene rings is 1. The fourth-order valence-electron chi connectivity index (χ4n) is 3.25. The van der Waals surface area contributed by atoms with E-state index in [2.05, 4.69) is 25.7 Å². The average molecular weight is 424 g/mol. The van der Waals surface area contributed by atoms with Crippen LogP contribution in [0, 0.1) is 11.7 Å². The second kappa shape index (κ2) is 7.35. The van der Waals surface area contributed by atoms with Gasteiger partial charge in [0.2, 0.25) is 0 Å². The van der Waals surface area contributed by atoms with Crippen LogP contribution in [0.3, 0.4) is 0 Å². The Morgan fingerprint density at radius 3 is 2.87 bits per heavy atom. The molecule has 1 aliphatic rings. The zero-order valence-electron chi connectivity index (χ0n) is 16.1. The summed E-state index contributed by atoms with van der Waals surface area (Å²) in [7, 11) is 0. The van der Waals surface area contributed by atoms with Gasteiger partial charge in [-0.2, -0.15) is 5.10 Å². The summed E-state index contributed by atoms with van der Waals surface area (Å²) in [5.74, 6) is -1.88. The Hall–Kier alpha value is -4.02. The average Bonchev–Trinajstić information content (AvgIpc) is 3.42. The topological polar surface area (TPSA) is 134 Å². The number of aromatic nitrogens is 4. The van der Waals surface area contributed by atoms with Crippen molar-refractivity contribution in [2.45, 2.75) is 19.4 Å². The first-order chi connectivity index (χ1) is 15.0. The minimum atomic E-state index is -0.736. The molecule has 31 heavy (non-hydrogen) atoms. The van der Waals surface area contributed by atoms with E-state index in [1.54, 1.807) is 18.2 Å². The van der Waals surface area contributed by atoms with E-state index >= 15 is 0 Å². The summed E-state index contributed by atoms with van der Waals surface area (Å²) < 4.78 is 20.1. The molecule has 10 nitrogen and oxygen atoms in total. The summed E-state index contributed by atoms with van der Waals surface area (Å²) in [6.45, 7) is 0.645. The molecule has 3 aromatic heterocycles. The molecule has 0 unspecified atom stereocenters. The van der Waals surface area contributed by atoms with E-state index in [0.29, 0.717) is 29.1 Å². The fraction of sp³-hybridized carbons (Fsp3) is 0.250. The molecule has 0 bridgehead atoms. The molecule has 11 heteroatoms. The second-order valence-corrected chi connectivity index (χ2v) is 7.44. The molecule has 0 atom stereocenters. The summed E-state index contributed by atoms with van der Waals surface area (Å²) in [6.07, 6.45) is 3.08. The van der Waals surface area contributed by atoms with Gasteiger partial charge in [0, 0.05) is 19.2 Å². The van der Waals surface area contributed by atoms with Gasteiger partial charge >= 0.3 is 5.76 Å². The predicted octanol–water partition coefficient (Wildman–Crippen LogP) is 1.37. The van der Waals surface area contributed by atoms with Crippen molar-refractivity contribution in [2.75, 3.05) is 6.54 Å². The van der Waals surface area contributed by atoms with Gasteiger partial charge in [0.15, 0.2) is 17.0 Å². The lowest BCUT2D eigenvalue weighted by Crippen LogP contribution is -2.30. The number of fused-ring (bicyclic) bond motifs is 2. The van der Waals surface area contributed by atoms with Crippen LogP contribution in [0.15, 0.2) is 39.7 Å². The van der Waals surface area contributed by atoms with Crippen LogP contribution in [-0.4, -0.2) is 37.9 Å². The zero-order valence-corrected chi connectivity index (χ0v) is 16.1. The Balaban J connectivity index is 1.38. The molecule has 158 valence electrons. The van der Waals surface area contributed by atoms with E-state index in [1.165, 1.54) is 6.07 Å². The van der Waals surface area contributed by atoms with Crippen molar-refractivity contribution in [3.05, 3.63) is 63.8 Å². The predicted molar refractivity (Wildman–Crippen MR) is 106 cm³/mol. The first-order valence-corrected chi connectivity index (χ1v) is 9.70. The number of aromatic amines is 1. The molecule has 1 fully saturated rings. The highest BCUT2D eigenvalue weighted by molar-refractivity contribution is 5.98. The lowest BCUT2D eigenvalue weighted by Gasteiger charge is -2.09. The van der Waals surface area contributed by atoms with Crippen molar-refractivity contribution >= 4 is 28.6 Å². The van der Waals surface area contributed by atoms with Gasteiger partial charge < -0.3 is 15.1 Å². The van der Waals surface area contributed by atoms with Crippen molar-refractivity contribution in [1.82, 2.24) is 30.2 Å². The first kappa shape index (κ1) is 19.0. The number of hydrogen-bond acceptors (Lipinski definition) is 6. The number of amides is 2. The summed E-state index contributed by atoms with van der Waals surface area (Å²) in [5.41, 5.74) is 1.33. The third-order valence-corrected chi connectivity index (χ3v) is 5.08. The number of hydrogen-bond donors (Lipinski definition) is 3. The molecule has 5 rings (SSSR count). The van der Waals surface area contributed by atoms with Crippen molar-refractivity contribution in [1.29, 1.82) is 0 Å². The van der Waals surface area contributed by atoms with Crippen LogP contribution in [0.1, 0.15) is 39.4 Å². The van der Waals surface area contributed by atoms with Gasteiger partial charge in [0.05, 0.1) is 11.7 Å². The van der Waals surface area contributed by atoms with Crippen molar-refractivity contribution in [3.8, 4) is 0 Å². The maximum Gasteiger partial charge on any atom is 0.417 e. The van der Waals surface area contributed by atoms with Crippen molar-refractivity contribution < 1.29 is 18.4 Å². The highest BCUT2D eigenvalue weighted by atomic mass is 19.1. The molecule has 4 aromatic rings. The second-order valence-electron chi connectivity index (χ2n) is 7.44. The van der Waals surface area contributed by atoms with Crippen LogP contribution in [0.4, 0.5) is 4.39 Å². The summed E-state index contributed by atoms with van der Waals surface area (Å²) in [6, 6.07) is 6.27. The van der Waals surface area contributed by atoms with E-state index in [-0.39, 0.29) is 23.6 Å². The van der Waals surface area contributed by atoms with Gasteiger partial charge in [-0.05, 0) is 36.5 Å². The first-order valence-electron chi connectivity index (χ1n) is 9.70. The van der Waals surface area contributed by atoms with E-state index in [4.69, 9.17) is 4.42 Å². The third-order valence-electron chi connectivity index (χ3n) is 5.08. The molecule has 0 spiro atoms. The van der Waals surface area contributed by atoms with Crippen LogP contribution >= 0.6 is 0 Å². The Kier molecular flexibility index (Phi) is 4.50. The molecule has 3 N–H and O–H groups in total. The van der Waals surface area contributed by atoms with Crippen molar-refractivity contribution in [3.63, 3.8) is 0 Å². The van der Waals surface area contributed by atoms with Gasteiger partial charge in [-0.3, -0.25) is 14.6 Å². The molecule has 2 amide bonds. The van der Waals surface area contributed by atoms with Gasteiger partial charge in [-0.25, -0.2) is 18.7 Å². The number of nitrogens with one attached hydrogen (secondary N) is 3. The van der Waals surface area contributed by atoms with E-state index in [9.17, 15) is 18.8 Å². The fourth-order valence-corrected chi connectivity index (χ4v) is 3.25. The van der Waals surface area contributed by atoms with E-state index in [0.717, 1.165) is 23.6 Å². The highest BCUT2D eigenvalue weighted by Gasteiger charge is 2.24. The molecular weight excluding hydrogens is 407 g/mol. The maximum absolute atomic E-state index is 14.1. The van der Waals surface area contributed by atoms with Crippen LogP contribution < -0.4 is 16.4 Å². The number of rotatable bonds is 6. The SMILES string of the molecule is O=C(NCc1ccc2oc(=O)[nH]c2c1)c1cc(C(=O)NCC2CC2)n2ncc(F)c2n1. The van der Waals surface area contributed by atoms with Crippen molar-refractivity contribution in [2.24, 2.45) is 5.92 Å². The van der Waals surface area contributed by atoms with Crippen LogP contribution in [0.5, 0.6) is 0 Å². The molecule has 1 saturated carbocycles. The summed E-state index contributed by atoms with van der Waals surface area (Å²) >= 11 is 0. The Morgan fingerprint density at radius 1 is 1.23 bits per heavy atom. The largest absolute Gasteiger partial charge is 0.417 e. The number of H-pyrrole nitrogens is 1. The number of halogens is 1. The number of oxazole rings is 1. The molecule has 1 aromatic carbocycles. The monoisotopic (exact) mass is 424 g/mol. The molecule has 0 saturated heterocycles. The lowest BCUT2D eigenvalue weighted by molar-refractivity contribution is 0.0943. The van der Waals surface area contributed by atoms with Crippen LogP contribution in [0.25, 0.3) is 16.7 Å². The highest BCUT2D eigenvalue weighted by Crippen LogP contribution is 2.27. The minimum absolute atomic E-state index is 0.0251. The van der Waals surface area contributed by atoms with Gasteiger partial charge in [-0.15, -0.1) is 0 Å². The molecule has 3 heterocycles. The summed E-state index contributed by atoms with van der Waals surface area (Å²) in [4.78, 5) is 43.1. The Bertz CT molecular complexity index is 1380. The van der Waals surface area contributed by atoms with Gasteiger partial charge in [-0.1, -0.05) is 6.07 Å². The van der Waals surface area contributed by atoms with Gasteiger partial charge in [0.1, 0.15) is 11.4 Å². The number of carbonyl (C=O) groups excluding carboxylic acids is 2. The van der Waals surface area contributed by atoms with E-state index in [1.807, 2.05) is 0 Å². The van der Waals surface area contributed by atoms with Crippen LogP contribution in [-0.2, 0) is 6.54 Å². The van der Waals surface area contributed by atoms with Crippen LogP contribution in [0.2, 0.25) is 0 Å². The normalized spacial score (nSPS) is 13.6. The Labute approximate surface area is 173 Å². The minimum Gasteiger partial charge on any atom is -0.408 e. The lowest BCUT2D eigenvalue weighted by atomic mass is 10.2. The van der Waals surface area contributed by atoms with Gasteiger partial charge in [0.25, 0.3) is 11.8 Å². The number of nitrogens with zero attached hydrogens (tertiary/aromatic N) is 3. The van der Waals surface area contributed by atoms with E-state index < -0.39 is 23.4 Å². The standard InChI is InChI=1S/C20H17FN6O4/c21-12-9-24-27-15(19(29)23-7-10-1-2-10)6-14(25-17(12)27)18(28)22-8-11-3-4-16-13(5-11)26-20(30)31-16/h3-6,9-10H,1-2,7-8H2,(H,22,28)(H,23,29)(H,26,30). The molecular formula is C20H17FN6O4. The Morgan fingerprint density at radius 2 is 2.06 bits per heavy atom.